The molecule has 7 heteroatoms. The SMILES string of the molecule is C[C@@H](Sc1nc2ccc(Cl)cc2o1)C(=O)Nc1cccc(F)c1. The fourth-order valence-electron chi connectivity index (χ4n) is 1.94. The first-order valence-corrected chi connectivity index (χ1v) is 8.06. The number of carbonyl (C=O) groups is 1. The first-order valence-electron chi connectivity index (χ1n) is 6.80. The number of benzene rings is 2. The van der Waals surface area contributed by atoms with Gasteiger partial charge in [-0.1, -0.05) is 29.4 Å². The molecular weight excluding hydrogens is 339 g/mol. The summed E-state index contributed by atoms with van der Waals surface area (Å²) >= 11 is 7.08. The molecule has 1 heterocycles. The Balaban J connectivity index is 1.69. The zero-order chi connectivity index (χ0) is 16.4. The Hall–Kier alpha value is -2.05. The average Bonchev–Trinajstić information content (AvgIpc) is 2.88. The highest BCUT2D eigenvalue weighted by Gasteiger charge is 2.18. The molecule has 0 fully saturated rings. The average molecular weight is 351 g/mol. The van der Waals surface area contributed by atoms with Gasteiger partial charge in [0, 0.05) is 16.8 Å². The summed E-state index contributed by atoms with van der Waals surface area (Å²) in [6.45, 7) is 1.72. The van der Waals surface area contributed by atoms with Crippen LogP contribution in [-0.4, -0.2) is 16.1 Å². The Bertz CT molecular complexity index is 868. The van der Waals surface area contributed by atoms with E-state index in [2.05, 4.69) is 10.3 Å². The summed E-state index contributed by atoms with van der Waals surface area (Å²) in [5, 5.41) is 3.13. The van der Waals surface area contributed by atoms with Crippen LogP contribution in [0.25, 0.3) is 11.1 Å². The molecule has 23 heavy (non-hydrogen) atoms. The maximum atomic E-state index is 13.1. The first-order chi connectivity index (χ1) is 11.0. The van der Waals surface area contributed by atoms with Crippen LogP contribution >= 0.6 is 23.4 Å². The molecule has 0 saturated carbocycles. The van der Waals surface area contributed by atoms with Crippen molar-refractivity contribution in [2.24, 2.45) is 0 Å². The summed E-state index contributed by atoms with van der Waals surface area (Å²) in [6.07, 6.45) is 0. The normalized spacial score (nSPS) is 12.3. The van der Waals surface area contributed by atoms with Gasteiger partial charge in [0.05, 0.1) is 5.25 Å². The Labute approximate surface area is 141 Å². The Morgan fingerprint density at radius 3 is 2.96 bits per heavy atom. The molecule has 0 spiro atoms. The minimum atomic E-state index is -0.457. The van der Waals surface area contributed by atoms with Crippen LogP contribution in [0.5, 0.6) is 0 Å². The van der Waals surface area contributed by atoms with Crippen molar-refractivity contribution >= 4 is 46.1 Å². The number of hydrogen-bond acceptors (Lipinski definition) is 4. The number of nitrogens with one attached hydrogen (secondary N) is 1. The number of halogens is 2. The minimum Gasteiger partial charge on any atom is -0.431 e. The molecule has 0 bridgehead atoms. The van der Waals surface area contributed by atoms with Crippen molar-refractivity contribution in [1.82, 2.24) is 4.98 Å². The standard InChI is InChI=1S/C16H12ClFN2O2S/c1-9(15(21)19-12-4-2-3-11(18)8-12)23-16-20-13-6-5-10(17)7-14(13)22-16/h2-9H,1H3,(H,19,21)/t9-/m1/s1. The number of carbonyl (C=O) groups excluding carboxylic acids is 1. The number of nitrogens with zero attached hydrogens (tertiary/aromatic N) is 1. The van der Waals surface area contributed by atoms with E-state index >= 15 is 0 Å². The van der Waals surface area contributed by atoms with E-state index in [1.807, 2.05) is 0 Å². The summed E-state index contributed by atoms with van der Waals surface area (Å²) in [4.78, 5) is 16.4. The molecule has 1 N–H and O–H groups in total. The maximum absolute atomic E-state index is 13.1. The van der Waals surface area contributed by atoms with Gasteiger partial charge in [0.1, 0.15) is 11.3 Å². The van der Waals surface area contributed by atoms with Gasteiger partial charge in [-0.15, -0.1) is 0 Å². The van der Waals surface area contributed by atoms with Gasteiger partial charge in [0.25, 0.3) is 5.22 Å². The van der Waals surface area contributed by atoms with E-state index in [0.29, 0.717) is 27.0 Å². The zero-order valence-electron chi connectivity index (χ0n) is 12.0. The van der Waals surface area contributed by atoms with E-state index in [1.54, 1.807) is 31.2 Å². The third-order valence-electron chi connectivity index (χ3n) is 3.07. The third-order valence-corrected chi connectivity index (χ3v) is 4.25. The molecular formula is C16H12ClFN2O2S. The molecule has 0 saturated heterocycles. The van der Waals surface area contributed by atoms with E-state index in [-0.39, 0.29) is 5.91 Å². The smallest absolute Gasteiger partial charge is 0.257 e. The number of amides is 1. The maximum Gasteiger partial charge on any atom is 0.257 e. The summed E-state index contributed by atoms with van der Waals surface area (Å²) in [5.74, 6) is -0.667. The van der Waals surface area contributed by atoms with Crippen LogP contribution < -0.4 is 5.32 Å². The number of thioether (sulfide) groups is 1. The second kappa shape index (κ2) is 6.60. The molecule has 1 atom stereocenters. The van der Waals surface area contributed by atoms with Crippen molar-refractivity contribution in [1.29, 1.82) is 0 Å². The Kier molecular flexibility index (Phi) is 4.54. The lowest BCUT2D eigenvalue weighted by molar-refractivity contribution is -0.115. The van der Waals surface area contributed by atoms with Crippen molar-refractivity contribution < 1.29 is 13.6 Å². The lowest BCUT2D eigenvalue weighted by atomic mass is 10.3. The molecule has 3 aromatic rings. The third kappa shape index (κ3) is 3.83. The van der Waals surface area contributed by atoms with Crippen molar-refractivity contribution in [3.63, 3.8) is 0 Å². The summed E-state index contributed by atoms with van der Waals surface area (Å²) in [6, 6.07) is 10.9. The van der Waals surface area contributed by atoms with Crippen LogP contribution in [0.2, 0.25) is 5.02 Å². The van der Waals surface area contributed by atoms with Gasteiger partial charge in [-0.3, -0.25) is 4.79 Å². The highest BCUT2D eigenvalue weighted by Crippen LogP contribution is 2.28. The molecule has 1 aromatic heterocycles. The summed E-state index contributed by atoms with van der Waals surface area (Å²) in [5.41, 5.74) is 1.65. The molecule has 3 rings (SSSR count). The fraction of sp³-hybridized carbons (Fsp3) is 0.125. The van der Waals surface area contributed by atoms with Crippen LogP contribution in [-0.2, 0) is 4.79 Å². The predicted molar refractivity (Wildman–Crippen MR) is 89.4 cm³/mol. The van der Waals surface area contributed by atoms with E-state index in [0.717, 1.165) is 0 Å². The number of hydrogen-bond donors (Lipinski definition) is 1. The number of aromatic nitrogens is 1. The summed E-state index contributed by atoms with van der Waals surface area (Å²) < 4.78 is 18.7. The van der Waals surface area contributed by atoms with Crippen molar-refractivity contribution in [3.05, 3.63) is 53.3 Å². The van der Waals surface area contributed by atoms with Crippen molar-refractivity contribution in [3.8, 4) is 0 Å². The molecule has 0 unspecified atom stereocenters. The topological polar surface area (TPSA) is 55.1 Å². The second-order valence-corrected chi connectivity index (χ2v) is 6.58. The molecule has 118 valence electrons. The van der Waals surface area contributed by atoms with Crippen LogP contribution in [0.3, 0.4) is 0 Å². The Morgan fingerprint density at radius 1 is 1.35 bits per heavy atom. The lowest BCUT2D eigenvalue weighted by Crippen LogP contribution is -2.22. The van der Waals surface area contributed by atoms with Crippen LogP contribution in [0.4, 0.5) is 10.1 Å². The number of oxazole rings is 1. The zero-order valence-corrected chi connectivity index (χ0v) is 13.6. The molecule has 2 aromatic carbocycles. The molecule has 0 aliphatic rings. The van der Waals surface area contributed by atoms with Crippen molar-refractivity contribution in [2.75, 3.05) is 5.32 Å². The first kappa shape index (κ1) is 15.8. The number of anilines is 1. The van der Waals surface area contributed by atoms with Gasteiger partial charge in [-0.2, -0.15) is 0 Å². The quantitative estimate of drug-likeness (QED) is 0.690. The molecule has 1 amide bonds. The highest BCUT2D eigenvalue weighted by molar-refractivity contribution is 8.00. The van der Waals surface area contributed by atoms with E-state index in [9.17, 15) is 9.18 Å². The molecule has 0 aliphatic carbocycles. The number of fused-ring (bicyclic) bond motifs is 1. The minimum absolute atomic E-state index is 0.263. The van der Waals surface area contributed by atoms with Gasteiger partial charge in [-0.05, 0) is 37.3 Å². The van der Waals surface area contributed by atoms with Gasteiger partial charge >= 0.3 is 0 Å². The van der Waals surface area contributed by atoms with Crippen LogP contribution in [0, 0.1) is 5.82 Å². The molecule has 4 nitrogen and oxygen atoms in total. The van der Waals surface area contributed by atoms with E-state index in [1.165, 1.54) is 30.0 Å². The van der Waals surface area contributed by atoms with Crippen LogP contribution in [0.15, 0.2) is 52.1 Å². The van der Waals surface area contributed by atoms with Crippen LogP contribution in [0.1, 0.15) is 6.92 Å². The van der Waals surface area contributed by atoms with Gasteiger partial charge < -0.3 is 9.73 Å². The fourth-order valence-corrected chi connectivity index (χ4v) is 2.86. The largest absolute Gasteiger partial charge is 0.431 e. The van der Waals surface area contributed by atoms with Gasteiger partial charge in [0.2, 0.25) is 5.91 Å². The second-order valence-electron chi connectivity index (χ2n) is 4.85. The van der Waals surface area contributed by atoms with Crippen molar-refractivity contribution in [2.45, 2.75) is 17.4 Å². The number of rotatable bonds is 4. The summed E-state index contributed by atoms with van der Waals surface area (Å²) in [7, 11) is 0. The molecule has 0 radical (unpaired) electrons. The molecule has 0 aliphatic heterocycles. The Morgan fingerprint density at radius 2 is 2.17 bits per heavy atom. The van der Waals surface area contributed by atoms with E-state index < -0.39 is 11.1 Å². The lowest BCUT2D eigenvalue weighted by Gasteiger charge is -2.09. The highest BCUT2D eigenvalue weighted by atomic mass is 35.5. The predicted octanol–water partition coefficient (Wildman–Crippen LogP) is 4.74. The van der Waals surface area contributed by atoms with Gasteiger partial charge in [-0.25, -0.2) is 9.37 Å². The van der Waals surface area contributed by atoms with E-state index in [4.69, 9.17) is 16.0 Å². The van der Waals surface area contributed by atoms with Gasteiger partial charge in [0.15, 0.2) is 5.58 Å². The monoisotopic (exact) mass is 350 g/mol.